The van der Waals surface area contributed by atoms with Crippen molar-refractivity contribution in [3.63, 3.8) is 0 Å². The van der Waals surface area contributed by atoms with E-state index in [1.54, 1.807) is 23.9 Å². The molecule has 2 fully saturated rings. The molecule has 2 saturated heterocycles. The first-order chi connectivity index (χ1) is 24.8. The van der Waals surface area contributed by atoms with Crippen molar-refractivity contribution < 1.29 is 14.3 Å². The number of amides is 2. The first kappa shape index (κ1) is 34.4. The van der Waals surface area contributed by atoms with E-state index in [4.69, 9.17) is 16.3 Å². The zero-order valence-corrected chi connectivity index (χ0v) is 29.5. The van der Waals surface area contributed by atoms with Crippen LogP contribution in [0.4, 0.5) is 0 Å². The van der Waals surface area contributed by atoms with Crippen LogP contribution in [-0.2, 0) is 22.7 Å². The van der Waals surface area contributed by atoms with Gasteiger partial charge in [-0.3, -0.25) is 18.8 Å². The predicted octanol–water partition coefficient (Wildman–Crippen LogP) is 5.40. The normalized spacial score (nSPS) is 17.2. The molecule has 51 heavy (non-hydrogen) atoms. The van der Waals surface area contributed by atoms with Crippen molar-refractivity contribution in [3.05, 3.63) is 111 Å². The minimum Gasteiger partial charge on any atom is -0.496 e. The molecule has 0 radical (unpaired) electrons. The molecular formula is C40H41ClN6O4. The molecule has 0 bridgehead atoms. The maximum Gasteiger partial charge on any atom is 0.262 e. The van der Waals surface area contributed by atoms with Crippen LogP contribution in [0.1, 0.15) is 42.4 Å². The summed E-state index contributed by atoms with van der Waals surface area (Å²) in [6.07, 6.45) is 6.19. The van der Waals surface area contributed by atoms with Gasteiger partial charge in [0, 0.05) is 85.8 Å². The Morgan fingerprint density at radius 3 is 2.10 bits per heavy atom. The number of pyridine rings is 1. The number of aromatic nitrogens is 2. The van der Waals surface area contributed by atoms with Gasteiger partial charge >= 0.3 is 0 Å². The Balaban J connectivity index is 1.10. The Morgan fingerprint density at radius 2 is 1.43 bits per heavy atom. The van der Waals surface area contributed by atoms with Crippen molar-refractivity contribution in [2.45, 2.75) is 57.8 Å². The molecule has 5 aromatic rings. The molecule has 7 rings (SSSR count). The van der Waals surface area contributed by atoms with Gasteiger partial charge in [-0.1, -0.05) is 60.1 Å². The van der Waals surface area contributed by atoms with Crippen LogP contribution in [-0.4, -0.2) is 53.5 Å². The van der Waals surface area contributed by atoms with Crippen molar-refractivity contribution in [2.24, 2.45) is 0 Å². The number of ether oxygens (including phenoxy) is 1. The number of rotatable bonds is 12. The first-order valence-corrected chi connectivity index (χ1v) is 17.7. The maximum atomic E-state index is 13.3. The molecule has 0 saturated carbocycles. The van der Waals surface area contributed by atoms with Crippen molar-refractivity contribution in [3.8, 4) is 39.1 Å². The fourth-order valence-corrected chi connectivity index (χ4v) is 7.42. The number of carbonyl (C=O) groups excluding carboxylic acids is 2. The Hall–Kier alpha value is -5.03. The molecule has 11 heteroatoms. The van der Waals surface area contributed by atoms with E-state index < -0.39 is 0 Å². The molecule has 2 aliphatic heterocycles. The second-order valence-electron chi connectivity index (χ2n) is 13.3. The summed E-state index contributed by atoms with van der Waals surface area (Å²) in [7, 11) is 1.67. The number of halogens is 1. The Bertz CT molecular complexity index is 2180. The molecule has 2 aromatic heterocycles. The van der Waals surface area contributed by atoms with Gasteiger partial charge in [-0.25, -0.2) is 4.98 Å². The van der Waals surface area contributed by atoms with Gasteiger partial charge in [-0.05, 0) is 65.8 Å². The summed E-state index contributed by atoms with van der Waals surface area (Å²) in [6, 6.07) is 22.5. The van der Waals surface area contributed by atoms with E-state index in [1.165, 1.54) is 0 Å². The summed E-state index contributed by atoms with van der Waals surface area (Å²) in [5.41, 5.74) is 8.83. The molecule has 0 unspecified atom stereocenters. The van der Waals surface area contributed by atoms with Gasteiger partial charge in [0.1, 0.15) is 11.4 Å². The van der Waals surface area contributed by atoms with E-state index in [9.17, 15) is 14.4 Å². The highest BCUT2D eigenvalue weighted by Gasteiger charge is 2.22. The lowest BCUT2D eigenvalue weighted by Crippen LogP contribution is -2.36. The van der Waals surface area contributed by atoms with Crippen molar-refractivity contribution in [1.82, 2.24) is 30.7 Å². The van der Waals surface area contributed by atoms with Gasteiger partial charge in [0.25, 0.3) is 5.56 Å². The van der Waals surface area contributed by atoms with Gasteiger partial charge in [0.2, 0.25) is 11.8 Å². The third kappa shape index (κ3) is 7.39. The average molecular weight is 705 g/mol. The van der Waals surface area contributed by atoms with E-state index in [0.717, 1.165) is 63.1 Å². The molecule has 2 amide bonds. The van der Waals surface area contributed by atoms with Crippen LogP contribution in [0.5, 0.6) is 5.75 Å². The second kappa shape index (κ2) is 15.1. The Kier molecular flexibility index (Phi) is 10.2. The fraction of sp³-hybridized carbons (Fsp3) is 0.300. The molecule has 4 N–H and O–H groups in total. The standard InChI is InChI=1S/C40H41ClN6O4/c1-24-31(26-15-16-47-36(18-26)44-21-28(40(47)50)20-43-23-30-12-14-38(49)46-30)5-3-6-32(24)34-8-4-7-33(39(34)41)25-9-10-27(35(17-25)51-2)19-42-22-29-11-13-37(48)45-29/h3-10,15-18,21,29-30,42-43H,11-14,19-20,22-23H2,1-2H3,(H,45,48)(H,46,49)/t29-,30-/m1/s1. The third-order valence-electron chi connectivity index (χ3n) is 9.89. The molecule has 2 atom stereocenters. The van der Waals surface area contributed by atoms with Crippen LogP contribution in [0.3, 0.4) is 0 Å². The minimum atomic E-state index is -0.122. The van der Waals surface area contributed by atoms with Crippen LogP contribution in [0.15, 0.2) is 83.9 Å². The van der Waals surface area contributed by atoms with E-state index in [2.05, 4.69) is 57.4 Å². The van der Waals surface area contributed by atoms with Crippen LogP contribution in [0, 0.1) is 6.92 Å². The largest absolute Gasteiger partial charge is 0.496 e. The lowest BCUT2D eigenvalue weighted by atomic mass is 9.91. The molecule has 3 aromatic carbocycles. The molecular weight excluding hydrogens is 664 g/mol. The lowest BCUT2D eigenvalue weighted by Gasteiger charge is -2.17. The minimum absolute atomic E-state index is 0.0726. The van der Waals surface area contributed by atoms with Crippen molar-refractivity contribution >= 4 is 29.1 Å². The number of benzene rings is 3. The highest BCUT2D eigenvalue weighted by molar-refractivity contribution is 6.36. The van der Waals surface area contributed by atoms with Crippen LogP contribution in [0.2, 0.25) is 5.02 Å². The molecule has 0 aliphatic carbocycles. The van der Waals surface area contributed by atoms with Crippen molar-refractivity contribution in [2.75, 3.05) is 20.2 Å². The topological polar surface area (TPSA) is 126 Å². The number of hydrogen-bond acceptors (Lipinski definition) is 7. The quantitative estimate of drug-likeness (QED) is 0.137. The monoisotopic (exact) mass is 704 g/mol. The fourth-order valence-electron chi connectivity index (χ4n) is 7.09. The number of fused-ring (bicyclic) bond motifs is 1. The Labute approximate surface area is 301 Å². The van der Waals surface area contributed by atoms with E-state index >= 15 is 0 Å². The average Bonchev–Trinajstić information content (AvgIpc) is 3.76. The summed E-state index contributed by atoms with van der Waals surface area (Å²) < 4.78 is 7.35. The molecule has 262 valence electrons. The molecule has 4 heterocycles. The van der Waals surface area contributed by atoms with Crippen LogP contribution >= 0.6 is 11.6 Å². The summed E-state index contributed by atoms with van der Waals surface area (Å²) in [4.78, 5) is 40.9. The van der Waals surface area contributed by atoms with Crippen molar-refractivity contribution in [1.29, 1.82) is 0 Å². The zero-order chi connectivity index (χ0) is 35.5. The first-order valence-electron chi connectivity index (χ1n) is 17.4. The molecule has 10 nitrogen and oxygen atoms in total. The second-order valence-corrected chi connectivity index (χ2v) is 13.7. The maximum absolute atomic E-state index is 13.3. The van der Waals surface area contributed by atoms with E-state index in [1.807, 2.05) is 42.5 Å². The van der Waals surface area contributed by atoms with Crippen LogP contribution < -0.4 is 31.6 Å². The zero-order valence-electron chi connectivity index (χ0n) is 28.7. The van der Waals surface area contributed by atoms with E-state index in [0.29, 0.717) is 55.3 Å². The summed E-state index contributed by atoms with van der Waals surface area (Å²) in [5, 5.41) is 13.3. The third-order valence-corrected chi connectivity index (χ3v) is 10.3. The summed E-state index contributed by atoms with van der Waals surface area (Å²) in [5.74, 6) is 0.950. The number of methoxy groups -OCH3 is 1. The Morgan fingerprint density at radius 1 is 0.804 bits per heavy atom. The highest BCUT2D eigenvalue weighted by Crippen LogP contribution is 2.41. The number of nitrogens with one attached hydrogen (secondary N) is 4. The predicted molar refractivity (Wildman–Crippen MR) is 200 cm³/mol. The summed E-state index contributed by atoms with van der Waals surface area (Å²) in [6.45, 7) is 4.40. The van der Waals surface area contributed by atoms with Gasteiger partial charge in [0.15, 0.2) is 0 Å². The van der Waals surface area contributed by atoms with E-state index in [-0.39, 0.29) is 29.5 Å². The number of hydrogen-bond donors (Lipinski definition) is 4. The van der Waals surface area contributed by atoms with Gasteiger partial charge in [-0.2, -0.15) is 0 Å². The molecule has 2 aliphatic rings. The highest BCUT2D eigenvalue weighted by atomic mass is 35.5. The number of carbonyl (C=O) groups is 2. The van der Waals surface area contributed by atoms with Gasteiger partial charge in [0.05, 0.1) is 12.1 Å². The van der Waals surface area contributed by atoms with Gasteiger partial charge in [-0.15, -0.1) is 0 Å². The van der Waals surface area contributed by atoms with Crippen LogP contribution in [0.25, 0.3) is 39.0 Å². The summed E-state index contributed by atoms with van der Waals surface area (Å²) >= 11 is 7.18. The smallest absolute Gasteiger partial charge is 0.262 e. The number of nitrogens with zero attached hydrogens (tertiary/aromatic N) is 2. The molecule has 0 spiro atoms. The van der Waals surface area contributed by atoms with Gasteiger partial charge < -0.3 is 26.0 Å². The SMILES string of the molecule is COc1cc(-c2cccc(-c3cccc(-c4ccn5c(=O)c(CNC[C@H]6CCC(=O)N6)cnc5c4)c3C)c2Cl)ccc1CNC[C@H]1CCC(=O)N1. The lowest BCUT2D eigenvalue weighted by molar-refractivity contribution is -0.120.